The zero-order valence-electron chi connectivity index (χ0n) is 18.0. The number of carbonyl (C=O) groups is 2. The summed E-state index contributed by atoms with van der Waals surface area (Å²) in [6.07, 6.45) is 9.47. The molecule has 1 aromatic carbocycles. The molecule has 5 rings (SSSR count). The van der Waals surface area contributed by atoms with Gasteiger partial charge in [-0.2, -0.15) is 0 Å². The highest BCUT2D eigenvalue weighted by atomic mass is 16.7. The molecular formula is C25H28O5. The van der Waals surface area contributed by atoms with Gasteiger partial charge in [0.05, 0.1) is 14.2 Å². The molecule has 1 aromatic rings. The first-order valence-corrected chi connectivity index (χ1v) is 10.7. The topological polar surface area (TPSA) is 61.8 Å². The summed E-state index contributed by atoms with van der Waals surface area (Å²) in [5.74, 6) is 2.14. The number of Topliss-reactive ketones (excluding diaryl/α,β-unsaturated/α-hetero) is 1. The molecule has 0 aliphatic heterocycles. The lowest BCUT2D eigenvalue weighted by Gasteiger charge is -2.56. The third-order valence-corrected chi connectivity index (χ3v) is 8.64. The number of fused-ring (bicyclic) bond motifs is 3. The first-order chi connectivity index (χ1) is 14.3. The number of ether oxygens (including phenoxy) is 3. The van der Waals surface area contributed by atoms with E-state index in [4.69, 9.17) is 14.2 Å². The molecule has 5 nitrogen and oxygen atoms in total. The minimum Gasteiger partial charge on any atom is -0.497 e. The van der Waals surface area contributed by atoms with E-state index < -0.39 is 11.6 Å². The molecule has 1 saturated carbocycles. The number of ketones is 1. The summed E-state index contributed by atoms with van der Waals surface area (Å²) in [5, 5.41) is 0. The Hall–Kier alpha value is -2.56. The average Bonchev–Trinajstić information content (AvgIpc) is 3.14. The van der Waals surface area contributed by atoms with Gasteiger partial charge >= 0.3 is 6.16 Å². The van der Waals surface area contributed by atoms with E-state index in [1.54, 1.807) is 14.0 Å². The zero-order valence-corrected chi connectivity index (χ0v) is 18.0. The van der Waals surface area contributed by atoms with Gasteiger partial charge in [-0.3, -0.25) is 4.79 Å². The minimum atomic E-state index is -0.896. The van der Waals surface area contributed by atoms with Crippen LogP contribution in [0, 0.1) is 22.2 Å². The van der Waals surface area contributed by atoms with E-state index in [0.29, 0.717) is 17.6 Å². The molecule has 158 valence electrons. The number of hydrogen-bond donors (Lipinski definition) is 0. The second kappa shape index (κ2) is 6.22. The first-order valence-electron chi connectivity index (χ1n) is 10.7. The van der Waals surface area contributed by atoms with Crippen molar-refractivity contribution in [2.45, 2.75) is 45.4 Å². The van der Waals surface area contributed by atoms with Gasteiger partial charge in [-0.05, 0) is 73.8 Å². The number of rotatable bonds is 3. The van der Waals surface area contributed by atoms with Crippen molar-refractivity contribution in [3.63, 3.8) is 0 Å². The van der Waals surface area contributed by atoms with Gasteiger partial charge in [0.1, 0.15) is 22.7 Å². The molecule has 1 fully saturated rings. The van der Waals surface area contributed by atoms with E-state index in [1.165, 1.54) is 18.2 Å². The first kappa shape index (κ1) is 19.4. The number of benzene rings is 1. The maximum Gasteiger partial charge on any atom is 0.513 e. The van der Waals surface area contributed by atoms with Gasteiger partial charge in [-0.1, -0.05) is 25.1 Å². The quantitative estimate of drug-likeness (QED) is 0.523. The normalized spacial score (nSPS) is 37.5. The van der Waals surface area contributed by atoms with E-state index >= 15 is 0 Å². The Kier molecular flexibility index (Phi) is 4.03. The molecule has 0 aromatic heterocycles. The van der Waals surface area contributed by atoms with Crippen LogP contribution in [-0.2, 0) is 20.7 Å². The van der Waals surface area contributed by atoms with Crippen molar-refractivity contribution in [3.8, 4) is 5.75 Å². The lowest BCUT2D eigenvalue weighted by atomic mass is 9.46. The van der Waals surface area contributed by atoms with Gasteiger partial charge in [-0.15, -0.1) is 0 Å². The smallest absolute Gasteiger partial charge is 0.497 e. The summed E-state index contributed by atoms with van der Waals surface area (Å²) >= 11 is 0. The molecule has 1 unspecified atom stereocenters. The van der Waals surface area contributed by atoms with Crippen molar-refractivity contribution < 1.29 is 23.8 Å². The van der Waals surface area contributed by atoms with Crippen molar-refractivity contribution in [2.24, 2.45) is 22.2 Å². The van der Waals surface area contributed by atoms with E-state index in [0.717, 1.165) is 31.4 Å². The standard InChI is InChI=1S/C25H28O5/c1-15(26)25-12-11-24(14-21(25)30-22(27)29-4)20-8-5-16-13-17(28-3)6-7-18(16)19(20)9-10-23(24,25)2/h6-7,11-14,19-20H,5,8-10H2,1-4H3/t19-,20-,23+,24?,25+/m1/s1. The van der Waals surface area contributed by atoms with Crippen LogP contribution in [0.15, 0.2) is 42.2 Å². The Morgan fingerprint density at radius 2 is 1.93 bits per heavy atom. The Labute approximate surface area is 177 Å². The largest absolute Gasteiger partial charge is 0.513 e. The Morgan fingerprint density at radius 1 is 1.13 bits per heavy atom. The molecule has 0 radical (unpaired) electrons. The predicted octanol–water partition coefficient (Wildman–Crippen LogP) is 4.95. The van der Waals surface area contributed by atoms with Gasteiger partial charge in [0.25, 0.3) is 0 Å². The Balaban J connectivity index is 1.62. The fourth-order valence-electron chi connectivity index (χ4n) is 7.23. The van der Waals surface area contributed by atoms with Crippen LogP contribution in [0.4, 0.5) is 4.79 Å². The summed E-state index contributed by atoms with van der Waals surface area (Å²) in [6, 6.07) is 6.43. The highest BCUT2D eigenvalue weighted by molar-refractivity contribution is 5.92. The summed E-state index contributed by atoms with van der Waals surface area (Å²) < 4.78 is 15.8. The summed E-state index contributed by atoms with van der Waals surface area (Å²) in [6.45, 7) is 3.82. The fraction of sp³-hybridized carbons (Fsp3) is 0.520. The van der Waals surface area contributed by atoms with Crippen LogP contribution in [-0.4, -0.2) is 26.2 Å². The molecule has 0 N–H and O–H groups in total. The SMILES string of the molecule is COC(=O)OC1=CC23C=C[C@@]1(C(C)=O)[C@@]2(C)CC[C@@H]1c2ccc(OC)cc2CC[C@H]13. The van der Waals surface area contributed by atoms with Gasteiger partial charge in [0.2, 0.25) is 0 Å². The van der Waals surface area contributed by atoms with E-state index in [9.17, 15) is 9.59 Å². The molecule has 0 heterocycles. The van der Waals surface area contributed by atoms with Crippen molar-refractivity contribution in [1.82, 2.24) is 0 Å². The summed E-state index contributed by atoms with van der Waals surface area (Å²) in [4.78, 5) is 25.0. The summed E-state index contributed by atoms with van der Waals surface area (Å²) in [5.41, 5.74) is 1.23. The molecule has 4 aliphatic carbocycles. The molecule has 0 amide bonds. The zero-order chi connectivity index (χ0) is 21.3. The minimum absolute atomic E-state index is 0.0233. The van der Waals surface area contributed by atoms with Gasteiger partial charge in [0, 0.05) is 10.8 Å². The van der Waals surface area contributed by atoms with Crippen LogP contribution in [0.2, 0.25) is 0 Å². The lowest BCUT2D eigenvalue weighted by molar-refractivity contribution is -0.133. The highest BCUT2D eigenvalue weighted by Crippen LogP contribution is 2.77. The molecule has 5 heteroatoms. The van der Waals surface area contributed by atoms with E-state index in [1.807, 2.05) is 12.1 Å². The molecule has 4 aliphatic rings. The van der Waals surface area contributed by atoms with Crippen LogP contribution in [0.1, 0.15) is 50.2 Å². The molecule has 2 bridgehead atoms. The van der Waals surface area contributed by atoms with E-state index in [-0.39, 0.29) is 16.6 Å². The maximum atomic E-state index is 13.1. The van der Waals surface area contributed by atoms with Gasteiger partial charge in [-0.25, -0.2) is 4.79 Å². The maximum absolute atomic E-state index is 13.1. The highest BCUT2D eigenvalue weighted by Gasteiger charge is 2.74. The van der Waals surface area contributed by atoms with Gasteiger partial charge < -0.3 is 14.2 Å². The van der Waals surface area contributed by atoms with Crippen LogP contribution in [0.5, 0.6) is 5.75 Å². The Morgan fingerprint density at radius 3 is 2.63 bits per heavy atom. The lowest BCUT2D eigenvalue weighted by Crippen LogP contribution is -2.53. The number of carbonyl (C=O) groups excluding carboxylic acids is 2. The third kappa shape index (κ3) is 2.08. The number of allylic oxidation sites excluding steroid dienone is 3. The van der Waals surface area contributed by atoms with Crippen molar-refractivity contribution >= 4 is 11.9 Å². The number of aryl methyl sites for hydroxylation is 1. The number of hydrogen-bond acceptors (Lipinski definition) is 5. The van der Waals surface area contributed by atoms with Crippen LogP contribution < -0.4 is 4.74 Å². The Bertz CT molecular complexity index is 1010. The van der Waals surface area contributed by atoms with Crippen LogP contribution in [0.25, 0.3) is 0 Å². The number of methoxy groups -OCH3 is 2. The average molecular weight is 408 g/mol. The second-order valence-corrected chi connectivity index (χ2v) is 9.38. The van der Waals surface area contributed by atoms with Crippen molar-refractivity contribution in [1.29, 1.82) is 0 Å². The van der Waals surface area contributed by atoms with Gasteiger partial charge in [0.15, 0.2) is 0 Å². The van der Waals surface area contributed by atoms with Crippen LogP contribution in [0.3, 0.4) is 0 Å². The monoisotopic (exact) mass is 408 g/mol. The van der Waals surface area contributed by atoms with Crippen LogP contribution >= 0.6 is 0 Å². The van der Waals surface area contributed by atoms with Crippen molar-refractivity contribution in [3.05, 3.63) is 53.3 Å². The molecule has 0 saturated heterocycles. The molecule has 30 heavy (non-hydrogen) atoms. The molecular weight excluding hydrogens is 380 g/mol. The third-order valence-electron chi connectivity index (χ3n) is 8.64. The summed E-state index contributed by atoms with van der Waals surface area (Å²) in [7, 11) is 3.00. The second-order valence-electron chi connectivity index (χ2n) is 9.38. The van der Waals surface area contributed by atoms with E-state index in [2.05, 4.69) is 31.2 Å². The predicted molar refractivity (Wildman–Crippen MR) is 111 cm³/mol. The molecule has 5 atom stereocenters. The fourth-order valence-corrected chi connectivity index (χ4v) is 7.23. The molecule has 0 spiro atoms. The van der Waals surface area contributed by atoms with Crippen molar-refractivity contribution in [2.75, 3.05) is 14.2 Å².